The van der Waals surface area contributed by atoms with Crippen LogP contribution >= 0.6 is 11.3 Å². The normalized spacial score (nSPS) is 15.4. The molecule has 5 heteroatoms. The molecule has 0 aliphatic heterocycles. The summed E-state index contributed by atoms with van der Waals surface area (Å²) >= 11 is 1.60. The molecule has 106 valence electrons. The van der Waals surface area contributed by atoms with Gasteiger partial charge in [-0.2, -0.15) is 0 Å². The second-order valence-corrected chi connectivity index (χ2v) is 6.52. The molecule has 0 aromatic carbocycles. The number of anilines is 1. The van der Waals surface area contributed by atoms with Gasteiger partial charge in [0.2, 0.25) is 0 Å². The minimum atomic E-state index is -0.675. The van der Waals surface area contributed by atoms with Gasteiger partial charge < -0.3 is 9.64 Å². The highest BCUT2D eigenvalue weighted by Gasteiger charge is 2.34. The third-order valence-corrected chi connectivity index (χ3v) is 4.43. The smallest absolute Gasteiger partial charge is 0.317 e. The standard InChI is InChI=1S/C14H22N2O2S/c1-5-18-12(17)14(2,3)11-9-19-13(15-11)16(4)8-10-6-7-10/h9-10H,5-8H2,1-4H3. The Labute approximate surface area is 118 Å². The van der Waals surface area contributed by atoms with E-state index in [9.17, 15) is 4.79 Å². The van der Waals surface area contributed by atoms with Gasteiger partial charge in [0.25, 0.3) is 0 Å². The van der Waals surface area contributed by atoms with Crippen molar-refractivity contribution in [2.45, 2.75) is 39.0 Å². The fraction of sp³-hybridized carbons (Fsp3) is 0.714. The van der Waals surface area contributed by atoms with Crippen molar-refractivity contribution in [3.63, 3.8) is 0 Å². The van der Waals surface area contributed by atoms with Crippen LogP contribution in [0.3, 0.4) is 0 Å². The zero-order chi connectivity index (χ0) is 14.0. The van der Waals surface area contributed by atoms with E-state index < -0.39 is 5.41 Å². The molecule has 0 radical (unpaired) electrons. The van der Waals surface area contributed by atoms with Gasteiger partial charge >= 0.3 is 5.97 Å². The number of ether oxygens (including phenoxy) is 1. The van der Waals surface area contributed by atoms with E-state index in [-0.39, 0.29) is 5.97 Å². The first kappa shape index (κ1) is 14.3. The molecule has 1 saturated carbocycles. The number of thiazole rings is 1. The third kappa shape index (κ3) is 3.26. The van der Waals surface area contributed by atoms with E-state index in [0.717, 1.165) is 23.3 Å². The van der Waals surface area contributed by atoms with Crippen LogP contribution in [0.1, 0.15) is 39.3 Å². The topological polar surface area (TPSA) is 42.4 Å². The number of rotatable bonds is 6. The molecule has 0 spiro atoms. The Kier molecular flexibility index (Phi) is 4.13. The molecule has 0 bridgehead atoms. The quantitative estimate of drug-likeness (QED) is 0.752. The van der Waals surface area contributed by atoms with E-state index in [1.54, 1.807) is 11.3 Å². The van der Waals surface area contributed by atoms with Crippen molar-refractivity contribution in [1.29, 1.82) is 0 Å². The molecule has 1 aromatic rings. The van der Waals surface area contributed by atoms with Crippen LogP contribution in [0.15, 0.2) is 5.38 Å². The molecule has 1 heterocycles. The molecular weight excluding hydrogens is 260 g/mol. The number of carbonyl (C=O) groups excluding carboxylic acids is 1. The predicted octanol–water partition coefficient (Wildman–Crippen LogP) is 2.83. The molecule has 0 amide bonds. The lowest BCUT2D eigenvalue weighted by atomic mass is 9.90. The highest BCUT2D eigenvalue weighted by Crippen LogP contribution is 2.33. The van der Waals surface area contributed by atoms with Crippen molar-refractivity contribution in [3.05, 3.63) is 11.1 Å². The van der Waals surface area contributed by atoms with E-state index in [1.165, 1.54) is 12.8 Å². The highest BCUT2D eigenvalue weighted by molar-refractivity contribution is 7.13. The maximum absolute atomic E-state index is 12.0. The number of hydrogen-bond donors (Lipinski definition) is 0. The number of aromatic nitrogens is 1. The highest BCUT2D eigenvalue weighted by atomic mass is 32.1. The van der Waals surface area contributed by atoms with Crippen molar-refractivity contribution < 1.29 is 9.53 Å². The third-order valence-electron chi connectivity index (χ3n) is 3.47. The van der Waals surface area contributed by atoms with Crippen molar-refractivity contribution >= 4 is 22.4 Å². The summed E-state index contributed by atoms with van der Waals surface area (Å²) in [5.74, 6) is 0.618. The summed E-state index contributed by atoms with van der Waals surface area (Å²) in [6, 6.07) is 0. The van der Waals surface area contributed by atoms with Gasteiger partial charge in [-0.05, 0) is 39.5 Å². The lowest BCUT2D eigenvalue weighted by Crippen LogP contribution is -2.31. The van der Waals surface area contributed by atoms with E-state index in [4.69, 9.17) is 4.74 Å². The largest absolute Gasteiger partial charge is 0.465 e. The Morgan fingerprint density at radius 3 is 2.84 bits per heavy atom. The van der Waals surface area contributed by atoms with Gasteiger partial charge in [0.05, 0.1) is 12.3 Å². The first-order chi connectivity index (χ1) is 8.95. The van der Waals surface area contributed by atoms with E-state index in [1.807, 2.05) is 26.2 Å². The second-order valence-electron chi connectivity index (χ2n) is 5.68. The van der Waals surface area contributed by atoms with Gasteiger partial charge in [-0.25, -0.2) is 4.98 Å². The molecule has 1 aromatic heterocycles. The van der Waals surface area contributed by atoms with Crippen LogP contribution in [0, 0.1) is 5.92 Å². The zero-order valence-corrected chi connectivity index (χ0v) is 12.9. The number of hydrogen-bond acceptors (Lipinski definition) is 5. The maximum Gasteiger partial charge on any atom is 0.317 e. The molecule has 0 atom stereocenters. The van der Waals surface area contributed by atoms with E-state index >= 15 is 0 Å². The van der Waals surface area contributed by atoms with Crippen molar-refractivity contribution in [3.8, 4) is 0 Å². The Hall–Kier alpha value is -1.10. The first-order valence-electron chi connectivity index (χ1n) is 6.79. The van der Waals surface area contributed by atoms with Gasteiger partial charge in [-0.3, -0.25) is 4.79 Å². The van der Waals surface area contributed by atoms with Crippen molar-refractivity contribution in [2.24, 2.45) is 5.92 Å². The van der Waals surface area contributed by atoms with Crippen LogP contribution in [0.5, 0.6) is 0 Å². The van der Waals surface area contributed by atoms with Gasteiger partial charge in [0, 0.05) is 19.0 Å². The summed E-state index contributed by atoms with van der Waals surface area (Å²) < 4.78 is 5.12. The second kappa shape index (κ2) is 5.49. The summed E-state index contributed by atoms with van der Waals surface area (Å²) in [6.45, 7) is 7.02. The molecule has 1 aliphatic rings. The van der Waals surface area contributed by atoms with Crippen LogP contribution in [0.25, 0.3) is 0 Å². The molecule has 19 heavy (non-hydrogen) atoms. The van der Waals surface area contributed by atoms with Gasteiger partial charge in [-0.1, -0.05) is 0 Å². The van der Waals surface area contributed by atoms with Crippen molar-refractivity contribution in [1.82, 2.24) is 4.98 Å². The molecule has 0 unspecified atom stereocenters. The molecule has 4 nitrogen and oxygen atoms in total. The van der Waals surface area contributed by atoms with Gasteiger partial charge in [0.15, 0.2) is 5.13 Å². The van der Waals surface area contributed by atoms with Crippen LogP contribution in [0.4, 0.5) is 5.13 Å². The Morgan fingerprint density at radius 1 is 1.58 bits per heavy atom. The Morgan fingerprint density at radius 2 is 2.26 bits per heavy atom. The van der Waals surface area contributed by atoms with Crippen molar-refractivity contribution in [2.75, 3.05) is 25.1 Å². The summed E-state index contributed by atoms with van der Waals surface area (Å²) in [7, 11) is 2.07. The molecule has 1 aliphatic carbocycles. The Balaban J connectivity index is 2.08. The van der Waals surface area contributed by atoms with Crippen LogP contribution in [-0.2, 0) is 14.9 Å². The Bertz CT molecular complexity index is 452. The first-order valence-corrected chi connectivity index (χ1v) is 7.67. The monoisotopic (exact) mass is 282 g/mol. The maximum atomic E-state index is 12.0. The van der Waals surface area contributed by atoms with Gasteiger partial charge in [0.1, 0.15) is 5.41 Å². The molecule has 0 N–H and O–H groups in total. The summed E-state index contributed by atoms with van der Waals surface area (Å²) in [5, 5.41) is 2.95. The lowest BCUT2D eigenvalue weighted by molar-refractivity contribution is -0.148. The lowest BCUT2D eigenvalue weighted by Gasteiger charge is -2.20. The fourth-order valence-electron chi connectivity index (χ4n) is 1.91. The average molecular weight is 282 g/mol. The summed E-state index contributed by atoms with van der Waals surface area (Å²) in [5.41, 5.74) is 0.124. The number of esters is 1. The van der Waals surface area contributed by atoms with Crippen LogP contribution in [-0.4, -0.2) is 31.2 Å². The fourth-order valence-corrected chi connectivity index (χ4v) is 2.88. The molecule has 2 rings (SSSR count). The summed E-state index contributed by atoms with van der Waals surface area (Å²) in [6.07, 6.45) is 2.66. The van der Waals surface area contributed by atoms with Crippen LogP contribution < -0.4 is 4.90 Å². The minimum absolute atomic E-state index is 0.211. The minimum Gasteiger partial charge on any atom is -0.465 e. The molecular formula is C14H22N2O2S. The van der Waals surface area contributed by atoms with E-state index in [0.29, 0.717) is 6.61 Å². The summed E-state index contributed by atoms with van der Waals surface area (Å²) in [4.78, 5) is 18.8. The van der Waals surface area contributed by atoms with Gasteiger partial charge in [-0.15, -0.1) is 11.3 Å². The number of nitrogens with zero attached hydrogens (tertiary/aromatic N) is 2. The predicted molar refractivity (Wildman–Crippen MR) is 77.8 cm³/mol. The zero-order valence-electron chi connectivity index (χ0n) is 12.1. The SMILES string of the molecule is CCOC(=O)C(C)(C)c1csc(N(C)CC2CC2)n1. The van der Waals surface area contributed by atoms with E-state index in [2.05, 4.69) is 16.9 Å². The molecule has 1 fully saturated rings. The average Bonchev–Trinajstić information content (AvgIpc) is 3.02. The molecule has 0 saturated heterocycles. The number of carbonyl (C=O) groups is 1. The van der Waals surface area contributed by atoms with Crippen LogP contribution in [0.2, 0.25) is 0 Å².